The Morgan fingerprint density at radius 1 is 1.44 bits per heavy atom. The number of ketones is 1. The second-order valence-corrected chi connectivity index (χ2v) is 3.38. The van der Waals surface area contributed by atoms with Gasteiger partial charge in [-0.3, -0.25) is 4.79 Å². The Labute approximate surface area is 101 Å². The summed E-state index contributed by atoms with van der Waals surface area (Å²) < 4.78 is 13.0. The second kappa shape index (κ2) is 5.63. The first-order valence-corrected chi connectivity index (χ1v) is 4.79. The van der Waals surface area contributed by atoms with Crippen molar-refractivity contribution in [2.24, 2.45) is 10.2 Å². The number of nitriles is 1. The first-order valence-electron chi connectivity index (χ1n) is 4.79. The minimum Gasteiger partial charge on any atom is -0.479 e. The Hall–Kier alpha value is -2.62. The summed E-state index contributed by atoms with van der Waals surface area (Å²) in [7, 11) is 0. The van der Waals surface area contributed by atoms with Gasteiger partial charge in [-0.1, -0.05) is 0 Å². The summed E-state index contributed by atoms with van der Waals surface area (Å²) in [6.45, 7) is 1.06. The van der Waals surface area contributed by atoms with Crippen molar-refractivity contribution in [2.75, 3.05) is 0 Å². The van der Waals surface area contributed by atoms with Crippen LogP contribution in [0.1, 0.15) is 12.5 Å². The highest BCUT2D eigenvalue weighted by Gasteiger charge is 2.21. The number of Topliss-reactive ketones (excluding diaryl/α,β-unsaturated/α-hetero) is 1. The van der Waals surface area contributed by atoms with Crippen molar-refractivity contribution in [3.8, 4) is 6.07 Å². The smallest absolute Gasteiger partial charge is 0.338 e. The zero-order valence-corrected chi connectivity index (χ0v) is 9.29. The van der Waals surface area contributed by atoms with E-state index in [9.17, 15) is 14.0 Å². The lowest BCUT2D eigenvalue weighted by Gasteiger charge is -2.00. The minimum absolute atomic E-state index is 0.0265. The maximum absolute atomic E-state index is 13.0. The highest BCUT2D eigenvalue weighted by atomic mass is 19.1. The van der Waals surface area contributed by atoms with Gasteiger partial charge in [-0.25, -0.2) is 9.18 Å². The van der Waals surface area contributed by atoms with Gasteiger partial charge in [-0.05, 0) is 19.1 Å². The Bertz CT molecular complexity index is 549. The van der Waals surface area contributed by atoms with Gasteiger partial charge in [0.05, 0.1) is 17.3 Å². The van der Waals surface area contributed by atoms with Crippen molar-refractivity contribution >= 4 is 17.4 Å². The third-order valence-electron chi connectivity index (χ3n) is 1.92. The number of carboxylic acids is 1. The van der Waals surface area contributed by atoms with E-state index in [2.05, 4.69) is 10.2 Å². The van der Waals surface area contributed by atoms with E-state index in [1.54, 1.807) is 6.07 Å². The lowest BCUT2D eigenvalue weighted by molar-refractivity contribution is -0.141. The monoisotopic (exact) mass is 249 g/mol. The molecule has 7 heteroatoms. The second-order valence-electron chi connectivity index (χ2n) is 3.38. The molecule has 0 aromatic heterocycles. The minimum atomic E-state index is -1.63. The first-order chi connectivity index (χ1) is 8.43. The number of hydrogen-bond donors (Lipinski definition) is 1. The first kappa shape index (κ1) is 13.4. The van der Waals surface area contributed by atoms with Gasteiger partial charge in [0.15, 0.2) is 5.78 Å². The van der Waals surface area contributed by atoms with E-state index in [0.29, 0.717) is 0 Å². The molecule has 0 bridgehead atoms. The average Bonchev–Trinajstić information content (AvgIpc) is 2.27. The van der Waals surface area contributed by atoms with Crippen molar-refractivity contribution in [2.45, 2.75) is 13.0 Å². The molecule has 0 saturated carbocycles. The van der Waals surface area contributed by atoms with Crippen LogP contribution in [-0.4, -0.2) is 22.9 Å². The molecule has 0 radical (unpaired) electrons. The molecular weight excluding hydrogens is 241 g/mol. The van der Waals surface area contributed by atoms with Crippen LogP contribution in [0.5, 0.6) is 0 Å². The number of benzene rings is 1. The van der Waals surface area contributed by atoms with E-state index in [1.165, 1.54) is 6.07 Å². The zero-order valence-electron chi connectivity index (χ0n) is 9.29. The number of nitrogens with zero attached hydrogens (tertiary/aromatic N) is 3. The molecule has 1 N–H and O–H groups in total. The maximum Gasteiger partial charge on any atom is 0.338 e. The molecule has 1 aromatic carbocycles. The van der Waals surface area contributed by atoms with Crippen LogP contribution in [0.3, 0.4) is 0 Å². The fraction of sp³-hybridized carbons (Fsp3) is 0.182. The van der Waals surface area contributed by atoms with Crippen molar-refractivity contribution in [1.82, 2.24) is 0 Å². The Morgan fingerprint density at radius 2 is 2.11 bits per heavy atom. The van der Waals surface area contributed by atoms with Gasteiger partial charge in [0.2, 0.25) is 6.04 Å². The molecule has 0 heterocycles. The number of hydrogen-bond acceptors (Lipinski definition) is 5. The van der Waals surface area contributed by atoms with E-state index in [-0.39, 0.29) is 11.3 Å². The molecule has 0 saturated heterocycles. The molecule has 6 nitrogen and oxygen atoms in total. The normalized spacial score (nSPS) is 12.1. The van der Waals surface area contributed by atoms with Crippen molar-refractivity contribution < 1.29 is 19.1 Å². The van der Waals surface area contributed by atoms with Gasteiger partial charge in [-0.2, -0.15) is 15.5 Å². The lowest BCUT2D eigenvalue weighted by atomic mass is 10.2. The zero-order chi connectivity index (χ0) is 13.7. The summed E-state index contributed by atoms with van der Waals surface area (Å²) >= 11 is 0. The van der Waals surface area contributed by atoms with Gasteiger partial charge in [-0.15, -0.1) is 0 Å². The summed E-state index contributed by atoms with van der Waals surface area (Å²) in [5, 5.41) is 24.0. The maximum atomic E-state index is 13.0. The molecule has 1 rings (SSSR count). The molecule has 0 spiro atoms. The number of carboxylic acid groups (broad SMARTS) is 1. The van der Waals surface area contributed by atoms with Gasteiger partial charge < -0.3 is 5.11 Å². The molecule has 0 amide bonds. The predicted octanol–water partition coefficient (Wildman–Crippen LogP) is 1.82. The van der Waals surface area contributed by atoms with E-state index >= 15 is 0 Å². The summed E-state index contributed by atoms with van der Waals surface area (Å²) in [6, 6.07) is 3.29. The molecule has 0 aliphatic carbocycles. The Balaban J connectivity index is 3.03. The highest BCUT2D eigenvalue weighted by molar-refractivity contribution is 6.01. The molecule has 18 heavy (non-hydrogen) atoms. The van der Waals surface area contributed by atoms with Crippen LogP contribution in [0, 0.1) is 17.1 Å². The van der Waals surface area contributed by atoms with Crippen molar-refractivity contribution in [3.05, 3.63) is 29.6 Å². The number of halogens is 1. The number of azo groups is 1. The van der Waals surface area contributed by atoms with Crippen LogP contribution >= 0.6 is 0 Å². The third-order valence-corrected chi connectivity index (χ3v) is 1.92. The molecule has 0 aliphatic rings. The van der Waals surface area contributed by atoms with Crippen LogP contribution in [0.25, 0.3) is 0 Å². The van der Waals surface area contributed by atoms with E-state index in [0.717, 1.165) is 19.1 Å². The predicted molar refractivity (Wildman–Crippen MR) is 57.7 cm³/mol. The molecule has 1 atom stereocenters. The summed E-state index contributed by atoms with van der Waals surface area (Å²) in [5.41, 5.74) is -0.00213. The molecule has 1 unspecified atom stereocenters. The fourth-order valence-corrected chi connectivity index (χ4v) is 1.13. The Morgan fingerprint density at radius 3 is 2.61 bits per heavy atom. The number of aliphatic carboxylic acids is 1. The molecule has 0 aliphatic heterocycles. The highest BCUT2D eigenvalue weighted by Crippen LogP contribution is 2.17. The number of carbonyl (C=O) groups excluding carboxylic acids is 1. The van der Waals surface area contributed by atoms with E-state index < -0.39 is 23.6 Å². The van der Waals surface area contributed by atoms with Gasteiger partial charge in [0.25, 0.3) is 0 Å². The topological polar surface area (TPSA) is 103 Å². The number of rotatable bonds is 4. The summed E-state index contributed by atoms with van der Waals surface area (Å²) in [5.74, 6) is -2.83. The van der Waals surface area contributed by atoms with Gasteiger partial charge in [0.1, 0.15) is 5.82 Å². The average molecular weight is 249 g/mol. The van der Waals surface area contributed by atoms with Crippen LogP contribution < -0.4 is 0 Å². The molecule has 1 aromatic rings. The van der Waals surface area contributed by atoms with E-state index in [4.69, 9.17) is 10.4 Å². The van der Waals surface area contributed by atoms with Crippen molar-refractivity contribution in [3.63, 3.8) is 0 Å². The van der Waals surface area contributed by atoms with Gasteiger partial charge in [0, 0.05) is 6.07 Å². The molecule has 0 fully saturated rings. The molecule has 92 valence electrons. The third kappa shape index (κ3) is 3.45. The van der Waals surface area contributed by atoms with Crippen molar-refractivity contribution in [1.29, 1.82) is 5.26 Å². The fourth-order valence-electron chi connectivity index (χ4n) is 1.13. The van der Waals surface area contributed by atoms with Crippen LogP contribution in [0.4, 0.5) is 10.1 Å². The summed E-state index contributed by atoms with van der Waals surface area (Å²) in [6.07, 6.45) is 0. The van der Waals surface area contributed by atoms with Gasteiger partial charge >= 0.3 is 5.97 Å². The van der Waals surface area contributed by atoms with E-state index in [1.807, 2.05) is 0 Å². The SMILES string of the molecule is CC(=O)C(N=Nc1cc(F)cc(C#N)c1)C(=O)O. The van der Waals surface area contributed by atoms with Crippen LogP contribution in [0.15, 0.2) is 28.4 Å². The number of carbonyl (C=O) groups is 2. The quantitative estimate of drug-likeness (QED) is 0.649. The van der Waals surface area contributed by atoms with Crippen LogP contribution in [-0.2, 0) is 9.59 Å². The lowest BCUT2D eigenvalue weighted by Crippen LogP contribution is -2.25. The Kier molecular flexibility index (Phi) is 4.21. The molecular formula is C11H8FN3O3. The largest absolute Gasteiger partial charge is 0.479 e. The van der Waals surface area contributed by atoms with Crippen LogP contribution in [0.2, 0.25) is 0 Å². The summed E-state index contributed by atoms with van der Waals surface area (Å²) in [4.78, 5) is 21.6. The standard InChI is InChI=1S/C11H8FN3O3/c1-6(16)10(11(17)18)15-14-9-3-7(5-13)2-8(12)4-9/h2-4,10H,1H3,(H,17,18).